The monoisotopic (exact) mass is 311 g/mol. The fraction of sp³-hybridized carbons (Fsp3) is 0.429. The lowest BCUT2D eigenvalue weighted by Crippen LogP contribution is -2.18. The van der Waals surface area contributed by atoms with E-state index in [4.69, 9.17) is 26.8 Å². The molecule has 2 aromatic rings. The smallest absolute Gasteiger partial charge is 0.165 e. The summed E-state index contributed by atoms with van der Waals surface area (Å²) in [4.78, 5) is 0. The van der Waals surface area contributed by atoms with Crippen LogP contribution in [0.2, 0.25) is 5.02 Å². The second kappa shape index (κ2) is 6.78. The molecule has 0 amide bonds. The van der Waals surface area contributed by atoms with Gasteiger partial charge in [0.05, 0.1) is 7.11 Å². The van der Waals surface area contributed by atoms with Crippen molar-refractivity contribution in [3.8, 4) is 11.5 Å². The van der Waals surface area contributed by atoms with Gasteiger partial charge >= 0.3 is 0 Å². The molecule has 0 aliphatic heterocycles. The maximum Gasteiger partial charge on any atom is 0.165 e. The zero-order chi connectivity index (χ0) is 15.4. The molecule has 0 aliphatic carbocycles. The van der Waals surface area contributed by atoms with E-state index < -0.39 is 0 Å². The van der Waals surface area contributed by atoms with E-state index in [-0.39, 0.29) is 12.6 Å². The Bertz CT molecular complexity index is 614. The molecule has 1 aromatic carbocycles. The van der Waals surface area contributed by atoms with Gasteiger partial charge in [0.1, 0.15) is 18.0 Å². The molecule has 0 fully saturated rings. The third-order valence-electron chi connectivity index (χ3n) is 2.96. The van der Waals surface area contributed by atoms with Crippen molar-refractivity contribution in [2.45, 2.75) is 32.9 Å². The van der Waals surface area contributed by atoms with Crippen molar-refractivity contribution in [1.82, 2.24) is 10.3 Å². The summed E-state index contributed by atoms with van der Waals surface area (Å²) in [5.41, 5.74) is 8.09. The quantitative estimate of drug-likeness (QED) is 0.882. The van der Waals surface area contributed by atoms with E-state index in [1.165, 1.54) is 0 Å². The Labute approximate surface area is 128 Å². The van der Waals surface area contributed by atoms with Crippen molar-refractivity contribution in [3.63, 3.8) is 0 Å². The number of aromatic nitrogens is 2. The molecule has 0 aliphatic rings. The highest BCUT2D eigenvalue weighted by Gasteiger charge is 2.16. The lowest BCUT2D eigenvalue weighted by molar-refractivity contribution is 0.258. The van der Waals surface area contributed by atoms with Gasteiger partial charge in [0.15, 0.2) is 11.5 Å². The Kier molecular flexibility index (Phi) is 5.03. The molecular weight excluding hydrogens is 294 g/mol. The summed E-state index contributed by atoms with van der Waals surface area (Å²) in [6.07, 6.45) is 0.627. The van der Waals surface area contributed by atoms with Crippen molar-refractivity contribution in [3.05, 3.63) is 34.1 Å². The largest absolute Gasteiger partial charge is 0.493 e. The zero-order valence-corrected chi connectivity index (χ0v) is 13.0. The topological polar surface area (TPSA) is 83.4 Å². The van der Waals surface area contributed by atoms with Crippen LogP contribution >= 0.6 is 11.6 Å². The minimum Gasteiger partial charge on any atom is -0.493 e. The minimum atomic E-state index is -0.0222. The first-order valence-electron chi connectivity index (χ1n) is 6.54. The van der Waals surface area contributed by atoms with E-state index in [0.29, 0.717) is 34.3 Å². The first kappa shape index (κ1) is 15.6. The molecule has 2 N–H and O–H groups in total. The molecule has 0 spiro atoms. The number of halogens is 1. The van der Waals surface area contributed by atoms with Gasteiger partial charge in [-0.05, 0) is 26.3 Å². The van der Waals surface area contributed by atoms with Crippen LogP contribution < -0.4 is 15.2 Å². The van der Waals surface area contributed by atoms with E-state index >= 15 is 0 Å². The summed E-state index contributed by atoms with van der Waals surface area (Å²) in [5, 5.41) is 8.09. The third kappa shape index (κ3) is 3.86. The number of nitrogens with zero attached hydrogens (tertiary/aromatic N) is 2. The first-order chi connectivity index (χ1) is 10.0. The SMILES string of the molecule is COc1cc(Cl)cc(CC(C)N)c1OCc1nonc1C. The second-order valence-corrected chi connectivity index (χ2v) is 5.30. The zero-order valence-electron chi connectivity index (χ0n) is 12.2. The standard InChI is InChI=1S/C14H18ClN3O3/c1-8(16)4-10-5-11(15)6-13(19-3)14(10)20-7-12-9(2)17-21-18-12/h5-6,8H,4,7,16H2,1-3H3. The molecule has 6 nitrogen and oxygen atoms in total. The highest BCUT2D eigenvalue weighted by Crippen LogP contribution is 2.36. The van der Waals surface area contributed by atoms with E-state index in [0.717, 1.165) is 5.56 Å². The highest BCUT2D eigenvalue weighted by atomic mass is 35.5. The molecular formula is C14H18ClN3O3. The summed E-state index contributed by atoms with van der Waals surface area (Å²) in [7, 11) is 1.57. The van der Waals surface area contributed by atoms with E-state index in [1.807, 2.05) is 13.0 Å². The summed E-state index contributed by atoms with van der Waals surface area (Å²) >= 11 is 6.10. The van der Waals surface area contributed by atoms with E-state index in [2.05, 4.69) is 14.9 Å². The molecule has 114 valence electrons. The number of aryl methyl sites for hydroxylation is 1. The molecule has 1 aromatic heterocycles. The van der Waals surface area contributed by atoms with Gasteiger partial charge in [0, 0.05) is 22.7 Å². The Morgan fingerprint density at radius 3 is 2.71 bits per heavy atom. The van der Waals surface area contributed by atoms with Crippen LogP contribution in [0, 0.1) is 6.92 Å². The van der Waals surface area contributed by atoms with Crippen LogP contribution in [-0.4, -0.2) is 23.5 Å². The Morgan fingerprint density at radius 1 is 1.38 bits per heavy atom. The number of rotatable bonds is 6. The average molecular weight is 312 g/mol. The maximum absolute atomic E-state index is 6.10. The summed E-state index contributed by atoms with van der Waals surface area (Å²) < 4.78 is 15.8. The maximum atomic E-state index is 6.10. The van der Waals surface area contributed by atoms with Crippen molar-refractivity contribution < 1.29 is 14.1 Å². The van der Waals surface area contributed by atoms with Crippen LogP contribution in [0.1, 0.15) is 23.9 Å². The molecule has 1 heterocycles. The lowest BCUT2D eigenvalue weighted by atomic mass is 10.1. The number of hydrogen-bond acceptors (Lipinski definition) is 6. The molecule has 0 saturated heterocycles. The molecule has 0 saturated carbocycles. The third-order valence-corrected chi connectivity index (χ3v) is 3.18. The number of hydrogen-bond donors (Lipinski definition) is 1. The molecule has 21 heavy (non-hydrogen) atoms. The fourth-order valence-electron chi connectivity index (χ4n) is 1.96. The highest BCUT2D eigenvalue weighted by molar-refractivity contribution is 6.30. The van der Waals surface area contributed by atoms with Gasteiger partial charge < -0.3 is 15.2 Å². The molecule has 1 atom stereocenters. The number of benzene rings is 1. The Hall–Kier alpha value is -1.79. The van der Waals surface area contributed by atoms with Crippen LogP contribution in [0.3, 0.4) is 0 Å². The van der Waals surface area contributed by atoms with Gasteiger partial charge in [-0.15, -0.1) is 0 Å². The number of nitrogens with two attached hydrogens (primary N) is 1. The predicted octanol–water partition coefficient (Wildman–Crippen LogP) is 2.51. The van der Waals surface area contributed by atoms with Crippen LogP contribution in [0.4, 0.5) is 0 Å². The van der Waals surface area contributed by atoms with Crippen LogP contribution in [-0.2, 0) is 13.0 Å². The van der Waals surface area contributed by atoms with E-state index in [9.17, 15) is 0 Å². The Balaban J connectivity index is 2.28. The normalized spacial score (nSPS) is 12.2. The molecule has 2 rings (SSSR count). The molecule has 0 bridgehead atoms. The van der Waals surface area contributed by atoms with Crippen molar-refractivity contribution in [2.75, 3.05) is 7.11 Å². The average Bonchev–Trinajstić information content (AvgIpc) is 2.82. The predicted molar refractivity (Wildman–Crippen MR) is 78.7 cm³/mol. The number of methoxy groups -OCH3 is 1. The second-order valence-electron chi connectivity index (χ2n) is 4.86. The Morgan fingerprint density at radius 2 is 2.14 bits per heavy atom. The van der Waals surface area contributed by atoms with Gasteiger partial charge in [-0.2, -0.15) is 0 Å². The van der Waals surface area contributed by atoms with Crippen LogP contribution in [0.5, 0.6) is 11.5 Å². The van der Waals surface area contributed by atoms with E-state index in [1.54, 1.807) is 20.1 Å². The summed E-state index contributed by atoms with van der Waals surface area (Å²) in [6, 6.07) is 3.51. The summed E-state index contributed by atoms with van der Waals surface area (Å²) in [6.45, 7) is 3.96. The molecule has 0 radical (unpaired) electrons. The van der Waals surface area contributed by atoms with Crippen molar-refractivity contribution in [2.24, 2.45) is 5.73 Å². The van der Waals surface area contributed by atoms with Crippen LogP contribution in [0.25, 0.3) is 0 Å². The lowest BCUT2D eigenvalue weighted by Gasteiger charge is -2.16. The van der Waals surface area contributed by atoms with Crippen molar-refractivity contribution in [1.29, 1.82) is 0 Å². The fourth-order valence-corrected chi connectivity index (χ4v) is 2.19. The van der Waals surface area contributed by atoms with Gasteiger partial charge in [-0.25, -0.2) is 4.63 Å². The minimum absolute atomic E-state index is 0.0222. The van der Waals surface area contributed by atoms with Gasteiger partial charge in [0.25, 0.3) is 0 Å². The van der Waals surface area contributed by atoms with Gasteiger partial charge in [-0.1, -0.05) is 21.9 Å². The van der Waals surface area contributed by atoms with Crippen LogP contribution in [0.15, 0.2) is 16.8 Å². The first-order valence-corrected chi connectivity index (χ1v) is 6.92. The molecule has 1 unspecified atom stereocenters. The summed E-state index contributed by atoms with van der Waals surface area (Å²) in [5.74, 6) is 1.17. The van der Waals surface area contributed by atoms with Gasteiger partial charge in [0.2, 0.25) is 0 Å². The molecule has 7 heteroatoms. The van der Waals surface area contributed by atoms with Gasteiger partial charge in [-0.3, -0.25) is 0 Å². The van der Waals surface area contributed by atoms with Crippen molar-refractivity contribution >= 4 is 11.6 Å². The number of ether oxygens (including phenoxy) is 2.